The van der Waals surface area contributed by atoms with Gasteiger partial charge in [-0.2, -0.15) is 0 Å². The highest BCUT2D eigenvalue weighted by Crippen LogP contribution is 2.18. The van der Waals surface area contributed by atoms with Crippen molar-refractivity contribution in [3.8, 4) is 5.75 Å². The molecule has 0 radical (unpaired) electrons. The molecule has 0 aromatic heterocycles. The fraction of sp³-hybridized carbons (Fsp3) is 0.188. The molecule has 1 unspecified atom stereocenters. The third kappa shape index (κ3) is 3.95. The lowest BCUT2D eigenvalue weighted by Crippen LogP contribution is -2.30. The number of halogens is 1. The van der Waals surface area contributed by atoms with Crippen molar-refractivity contribution in [2.24, 2.45) is 0 Å². The predicted molar refractivity (Wildman–Crippen MR) is 80.7 cm³/mol. The van der Waals surface area contributed by atoms with Crippen molar-refractivity contribution in [3.63, 3.8) is 0 Å². The smallest absolute Gasteiger partial charge is 0.265 e. The molecule has 0 aliphatic heterocycles. The number of amides is 1. The Morgan fingerprint density at radius 1 is 1.29 bits per heavy atom. The molecule has 0 heterocycles. The van der Waals surface area contributed by atoms with Gasteiger partial charge in [-0.3, -0.25) is 4.79 Å². The number of nitrogens with two attached hydrogens (primary N) is 1. The Morgan fingerprint density at radius 3 is 2.71 bits per heavy atom. The van der Waals surface area contributed by atoms with E-state index < -0.39 is 11.9 Å². The van der Waals surface area contributed by atoms with Gasteiger partial charge < -0.3 is 15.8 Å². The number of nitrogens with one attached hydrogen (secondary N) is 1. The number of rotatable bonds is 4. The molecule has 2 aromatic rings. The van der Waals surface area contributed by atoms with Crippen LogP contribution in [0.15, 0.2) is 42.5 Å². The number of nitrogen functional groups attached to an aromatic ring is 1. The number of aryl methyl sites for hydroxylation is 1. The zero-order valence-electron chi connectivity index (χ0n) is 11.9. The van der Waals surface area contributed by atoms with Gasteiger partial charge in [-0.05, 0) is 49.7 Å². The van der Waals surface area contributed by atoms with Crippen LogP contribution in [0.5, 0.6) is 5.75 Å². The van der Waals surface area contributed by atoms with Gasteiger partial charge in [-0.25, -0.2) is 4.39 Å². The van der Waals surface area contributed by atoms with Gasteiger partial charge in [0.2, 0.25) is 0 Å². The van der Waals surface area contributed by atoms with E-state index in [4.69, 9.17) is 10.5 Å². The van der Waals surface area contributed by atoms with Crippen LogP contribution in [0.1, 0.15) is 12.5 Å². The molecule has 5 heteroatoms. The number of anilines is 2. The molecule has 4 nitrogen and oxygen atoms in total. The maximum Gasteiger partial charge on any atom is 0.265 e. The van der Waals surface area contributed by atoms with Crippen LogP contribution in [0.4, 0.5) is 15.8 Å². The van der Waals surface area contributed by atoms with E-state index in [1.54, 1.807) is 13.0 Å². The van der Waals surface area contributed by atoms with E-state index in [2.05, 4.69) is 5.32 Å². The molecule has 0 fully saturated rings. The van der Waals surface area contributed by atoms with E-state index in [1.807, 2.05) is 25.1 Å². The summed E-state index contributed by atoms with van der Waals surface area (Å²) in [5.74, 6) is -0.226. The Labute approximate surface area is 122 Å². The summed E-state index contributed by atoms with van der Waals surface area (Å²) >= 11 is 0. The summed E-state index contributed by atoms with van der Waals surface area (Å²) in [5, 5.41) is 2.63. The zero-order valence-corrected chi connectivity index (χ0v) is 11.9. The molecule has 0 bridgehead atoms. The maximum atomic E-state index is 13.1. The number of hydrogen-bond acceptors (Lipinski definition) is 3. The molecular formula is C16H17FN2O2. The minimum Gasteiger partial charge on any atom is -0.481 e. The van der Waals surface area contributed by atoms with Gasteiger partial charge in [0, 0.05) is 5.69 Å². The predicted octanol–water partition coefficient (Wildman–Crippen LogP) is 3.12. The summed E-state index contributed by atoms with van der Waals surface area (Å²) in [7, 11) is 0. The van der Waals surface area contributed by atoms with Crippen molar-refractivity contribution in [2.45, 2.75) is 20.0 Å². The largest absolute Gasteiger partial charge is 0.481 e. The van der Waals surface area contributed by atoms with Gasteiger partial charge in [0.1, 0.15) is 11.6 Å². The number of carbonyl (C=O) groups excluding carboxylic acids is 1. The zero-order chi connectivity index (χ0) is 15.4. The standard InChI is InChI=1S/C16H17FN2O2/c1-10-4-3-5-13(8-10)21-11(2)16(20)19-12-6-7-14(17)15(18)9-12/h3-9,11H,18H2,1-2H3,(H,19,20). The average Bonchev–Trinajstić information content (AvgIpc) is 2.43. The van der Waals surface area contributed by atoms with E-state index in [0.717, 1.165) is 5.56 Å². The second-order valence-electron chi connectivity index (χ2n) is 4.80. The molecule has 2 aromatic carbocycles. The van der Waals surface area contributed by atoms with E-state index in [0.29, 0.717) is 11.4 Å². The summed E-state index contributed by atoms with van der Waals surface area (Å²) in [6.45, 7) is 3.59. The average molecular weight is 288 g/mol. The number of hydrogen-bond donors (Lipinski definition) is 2. The second-order valence-corrected chi connectivity index (χ2v) is 4.80. The minimum atomic E-state index is -0.682. The highest BCUT2D eigenvalue weighted by Gasteiger charge is 2.15. The first-order chi connectivity index (χ1) is 9.95. The van der Waals surface area contributed by atoms with Crippen LogP contribution in [-0.2, 0) is 4.79 Å². The second kappa shape index (κ2) is 6.26. The molecule has 110 valence electrons. The summed E-state index contributed by atoms with van der Waals surface area (Å²) in [6, 6.07) is 11.5. The van der Waals surface area contributed by atoms with Crippen molar-refractivity contribution in [2.75, 3.05) is 11.1 Å². The lowest BCUT2D eigenvalue weighted by Gasteiger charge is -2.15. The summed E-state index contributed by atoms with van der Waals surface area (Å²) < 4.78 is 18.6. The van der Waals surface area contributed by atoms with E-state index in [9.17, 15) is 9.18 Å². The lowest BCUT2D eigenvalue weighted by atomic mass is 10.2. The quantitative estimate of drug-likeness (QED) is 0.850. The van der Waals surface area contributed by atoms with Crippen molar-refractivity contribution in [1.29, 1.82) is 0 Å². The lowest BCUT2D eigenvalue weighted by molar-refractivity contribution is -0.122. The molecule has 3 N–H and O–H groups in total. The Kier molecular flexibility index (Phi) is 4.42. The summed E-state index contributed by atoms with van der Waals surface area (Å²) in [6.07, 6.45) is -0.682. The van der Waals surface area contributed by atoms with E-state index in [1.165, 1.54) is 18.2 Å². The van der Waals surface area contributed by atoms with Crippen molar-refractivity contribution >= 4 is 17.3 Å². The number of benzene rings is 2. The normalized spacial score (nSPS) is 11.8. The first kappa shape index (κ1) is 14.8. The topological polar surface area (TPSA) is 64.3 Å². The molecule has 1 amide bonds. The first-order valence-corrected chi connectivity index (χ1v) is 6.55. The van der Waals surface area contributed by atoms with Gasteiger partial charge in [-0.15, -0.1) is 0 Å². The summed E-state index contributed by atoms with van der Waals surface area (Å²) in [5.41, 5.74) is 6.92. The fourth-order valence-electron chi connectivity index (χ4n) is 1.81. The van der Waals surface area contributed by atoms with Crippen LogP contribution in [-0.4, -0.2) is 12.0 Å². The van der Waals surface area contributed by atoms with Gasteiger partial charge in [0.25, 0.3) is 5.91 Å². The maximum absolute atomic E-state index is 13.1. The van der Waals surface area contributed by atoms with E-state index >= 15 is 0 Å². The molecule has 0 aliphatic carbocycles. The summed E-state index contributed by atoms with van der Waals surface area (Å²) in [4.78, 5) is 12.0. The third-order valence-electron chi connectivity index (χ3n) is 2.94. The highest BCUT2D eigenvalue weighted by atomic mass is 19.1. The molecule has 0 spiro atoms. The first-order valence-electron chi connectivity index (χ1n) is 6.55. The molecule has 2 rings (SSSR count). The Morgan fingerprint density at radius 2 is 2.05 bits per heavy atom. The molecule has 0 aliphatic rings. The van der Waals surface area contributed by atoms with Gasteiger partial charge in [0.15, 0.2) is 6.10 Å². The number of ether oxygens (including phenoxy) is 1. The van der Waals surface area contributed by atoms with Gasteiger partial charge in [0.05, 0.1) is 5.69 Å². The minimum absolute atomic E-state index is 0.0138. The molecule has 0 saturated carbocycles. The highest BCUT2D eigenvalue weighted by molar-refractivity contribution is 5.94. The van der Waals surface area contributed by atoms with Crippen LogP contribution in [0, 0.1) is 12.7 Å². The van der Waals surface area contributed by atoms with Crippen LogP contribution >= 0.6 is 0 Å². The molecule has 0 saturated heterocycles. The van der Waals surface area contributed by atoms with Crippen LogP contribution in [0.25, 0.3) is 0 Å². The molecule has 1 atom stereocenters. The molecule has 21 heavy (non-hydrogen) atoms. The van der Waals surface area contributed by atoms with Crippen molar-refractivity contribution < 1.29 is 13.9 Å². The van der Waals surface area contributed by atoms with E-state index in [-0.39, 0.29) is 11.6 Å². The van der Waals surface area contributed by atoms with Gasteiger partial charge >= 0.3 is 0 Å². The van der Waals surface area contributed by atoms with Crippen LogP contribution < -0.4 is 15.8 Å². The Balaban J connectivity index is 2.00. The van der Waals surface area contributed by atoms with Gasteiger partial charge in [-0.1, -0.05) is 12.1 Å². The fourth-order valence-corrected chi connectivity index (χ4v) is 1.81. The van der Waals surface area contributed by atoms with Crippen LogP contribution in [0.2, 0.25) is 0 Å². The Hall–Kier alpha value is -2.56. The van der Waals surface area contributed by atoms with Crippen LogP contribution in [0.3, 0.4) is 0 Å². The van der Waals surface area contributed by atoms with Crippen molar-refractivity contribution in [3.05, 3.63) is 53.8 Å². The monoisotopic (exact) mass is 288 g/mol. The third-order valence-corrected chi connectivity index (χ3v) is 2.94. The number of carbonyl (C=O) groups is 1. The molecular weight excluding hydrogens is 271 g/mol. The SMILES string of the molecule is Cc1cccc(OC(C)C(=O)Nc2ccc(F)c(N)c2)c1. The Bertz CT molecular complexity index is 658. The van der Waals surface area contributed by atoms with Crippen molar-refractivity contribution in [1.82, 2.24) is 0 Å².